The van der Waals surface area contributed by atoms with Gasteiger partial charge in [0.1, 0.15) is 12.4 Å². The Hall–Kier alpha value is -1.10. The SMILES string of the molecule is NCCCOC1CCN(CCOc2ccccc2)CC1. The van der Waals surface area contributed by atoms with Crippen molar-refractivity contribution in [3.05, 3.63) is 30.3 Å². The Morgan fingerprint density at radius 1 is 1.10 bits per heavy atom. The molecule has 0 spiro atoms. The number of likely N-dealkylation sites (tertiary alicyclic amines) is 1. The molecule has 1 aliphatic heterocycles. The second-order valence-corrected chi connectivity index (χ2v) is 5.22. The summed E-state index contributed by atoms with van der Waals surface area (Å²) in [5.41, 5.74) is 5.47. The summed E-state index contributed by atoms with van der Waals surface area (Å²) in [5, 5.41) is 0. The van der Waals surface area contributed by atoms with E-state index in [1.165, 1.54) is 0 Å². The number of hydrogen-bond acceptors (Lipinski definition) is 4. The molecule has 1 aromatic carbocycles. The van der Waals surface area contributed by atoms with Gasteiger partial charge in [-0.2, -0.15) is 0 Å². The van der Waals surface area contributed by atoms with Crippen LogP contribution in [0.1, 0.15) is 19.3 Å². The first kappa shape index (κ1) is 15.3. The molecule has 1 aromatic rings. The van der Waals surface area contributed by atoms with Gasteiger partial charge in [-0.1, -0.05) is 18.2 Å². The van der Waals surface area contributed by atoms with Crippen molar-refractivity contribution in [1.82, 2.24) is 4.90 Å². The number of ether oxygens (including phenoxy) is 2. The maximum absolute atomic E-state index is 5.81. The molecule has 1 saturated heterocycles. The van der Waals surface area contributed by atoms with Crippen LogP contribution < -0.4 is 10.5 Å². The fourth-order valence-electron chi connectivity index (χ4n) is 2.44. The van der Waals surface area contributed by atoms with Crippen LogP contribution in [0.15, 0.2) is 30.3 Å². The van der Waals surface area contributed by atoms with Gasteiger partial charge in [0, 0.05) is 26.2 Å². The predicted molar refractivity (Wildman–Crippen MR) is 81.0 cm³/mol. The summed E-state index contributed by atoms with van der Waals surface area (Å²) >= 11 is 0. The van der Waals surface area contributed by atoms with Crippen molar-refractivity contribution in [3.8, 4) is 5.75 Å². The average Bonchev–Trinajstić information content (AvgIpc) is 2.50. The maximum Gasteiger partial charge on any atom is 0.119 e. The van der Waals surface area contributed by atoms with Crippen LogP contribution in [0.25, 0.3) is 0 Å². The second kappa shape index (κ2) is 8.95. The van der Waals surface area contributed by atoms with E-state index in [-0.39, 0.29) is 0 Å². The highest BCUT2D eigenvalue weighted by Crippen LogP contribution is 2.14. The fraction of sp³-hybridized carbons (Fsp3) is 0.625. The highest BCUT2D eigenvalue weighted by molar-refractivity contribution is 5.20. The quantitative estimate of drug-likeness (QED) is 0.738. The van der Waals surface area contributed by atoms with Gasteiger partial charge in [0.15, 0.2) is 0 Å². The molecule has 0 amide bonds. The van der Waals surface area contributed by atoms with E-state index in [0.29, 0.717) is 6.10 Å². The van der Waals surface area contributed by atoms with Gasteiger partial charge < -0.3 is 15.2 Å². The number of nitrogens with two attached hydrogens (primary N) is 1. The molecular weight excluding hydrogens is 252 g/mol. The Balaban J connectivity index is 1.55. The number of nitrogens with zero attached hydrogens (tertiary/aromatic N) is 1. The van der Waals surface area contributed by atoms with E-state index in [9.17, 15) is 0 Å². The summed E-state index contributed by atoms with van der Waals surface area (Å²) in [6.45, 7) is 5.47. The lowest BCUT2D eigenvalue weighted by atomic mass is 10.1. The lowest BCUT2D eigenvalue weighted by molar-refractivity contribution is 0.00516. The minimum absolute atomic E-state index is 0.424. The standard InChI is InChI=1S/C16H26N2O2/c17-9-4-13-19-16-7-10-18(11-8-16)12-14-20-15-5-2-1-3-6-15/h1-3,5-6,16H,4,7-14,17H2. The van der Waals surface area contributed by atoms with Crippen molar-refractivity contribution in [2.45, 2.75) is 25.4 Å². The van der Waals surface area contributed by atoms with Crippen molar-refractivity contribution in [2.75, 3.05) is 39.4 Å². The van der Waals surface area contributed by atoms with E-state index in [4.69, 9.17) is 15.2 Å². The van der Waals surface area contributed by atoms with E-state index < -0.39 is 0 Å². The molecular formula is C16H26N2O2. The third kappa shape index (κ3) is 5.49. The molecule has 1 fully saturated rings. The monoisotopic (exact) mass is 278 g/mol. The van der Waals surface area contributed by atoms with Crippen LogP contribution in [0.4, 0.5) is 0 Å². The minimum atomic E-state index is 0.424. The van der Waals surface area contributed by atoms with E-state index in [1.807, 2.05) is 30.3 Å². The van der Waals surface area contributed by atoms with Gasteiger partial charge in [0.05, 0.1) is 6.10 Å². The molecule has 0 aliphatic carbocycles. The molecule has 1 heterocycles. The summed E-state index contributed by atoms with van der Waals surface area (Å²) in [7, 11) is 0. The summed E-state index contributed by atoms with van der Waals surface area (Å²) in [6.07, 6.45) is 3.63. The Labute approximate surface area is 121 Å². The van der Waals surface area contributed by atoms with Gasteiger partial charge in [-0.15, -0.1) is 0 Å². The zero-order valence-electron chi connectivity index (χ0n) is 12.2. The minimum Gasteiger partial charge on any atom is -0.492 e. The van der Waals surface area contributed by atoms with Crippen LogP contribution in [-0.4, -0.2) is 50.4 Å². The van der Waals surface area contributed by atoms with Gasteiger partial charge in [-0.05, 0) is 37.9 Å². The van der Waals surface area contributed by atoms with E-state index in [1.54, 1.807) is 0 Å². The molecule has 112 valence electrons. The first-order chi connectivity index (χ1) is 9.88. The highest BCUT2D eigenvalue weighted by atomic mass is 16.5. The number of rotatable bonds is 8. The molecule has 4 heteroatoms. The van der Waals surface area contributed by atoms with Crippen LogP contribution in [-0.2, 0) is 4.74 Å². The molecule has 2 rings (SSSR count). The zero-order chi connectivity index (χ0) is 14.0. The van der Waals surface area contributed by atoms with Crippen LogP contribution in [0.5, 0.6) is 5.75 Å². The van der Waals surface area contributed by atoms with Crippen molar-refractivity contribution in [1.29, 1.82) is 0 Å². The molecule has 4 nitrogen and oxygen atoms in total. The molecule has 0 saturated carbocycles. The highest BCUT2D eigenvalue weighted by Gasteiger charge is 2.19. The maximum atomic E-state index is 5.81. The Bertz CT molecular complexity index is 351. The smallest absolute Gasteiger partial charge is 0.119 e. The summed E-state index contributed by atoms with van der Waals surface area (Å²) in [6, 6.07) is 10.00. The molecule has 0 aromatic heterocycles. The molecule has 0 atom stereocenters. The Kier molecular flexibility index (Phi) is 6.84. The first-order valence-corrected chi connectivity index (χ1v) is 7.60. The van der Waals surface area contributed by atoms with Crippen LogP contribution in [0, 0.1) is 0 Å². The van der Waals surface area contributed by atoms with Crippen molar-refractivity contribution in [2.24, 2.45) is 5.73 Å². The third-order valence-electron chi connectivity index (χ3n) is 3.66. The van der Waals surface area contributed by atoms with Crippen molar-refractivity contribution in [3.63, 3.8) is 0 Å². The van der Waals surface area contributed by atoms with Gasteiger partial charge in [-0.25, -0.2) is 0 Å². The molecule has 0 unspecified atom stereocenters. The van der Waals surface area contributed by atoms with Gasteiger partial charge >= 0.3 is 0 Å². The molecule has 2 N–H and O–H groups in total. The van der Waals surface area contributed by atoms with Crippen molar-refractivity contribution >= 4 is 0 Å². The van der Waals surface area contributed by atoms with Crippen LogP contribution >= 0.6 is 0 Å². The topological polar surface area (TPSA) is 47.7 Å². The molecule has 0 radical (unpaired) electrons. The van der Waals surface area contributed by atoms with Gasteiger partial charge in [0.25, 0.3) is 0 Å². The number of hydrogen-bond donors (Lipinski definition) is 1. The number of para-hydroxylation sites is 1. The normalized spacial score (nSPS) is 17.2. The molecule has 1 aliphatic rings. The molecule has 20 heavy (non-hydrogen) atoms. The average molecular weight is 278 g/mol. The van der Waals surface area contributed by atoms with Crippen LogP contribution in [0.2, 0.25) is 0 Å². The Morgan fingerprint density at radius 3 is 2.55 bits per heavy atom. The van der Waals surface area contributed by atoms with Gasteiger partial charge in [0.2, 0.25) is 0 Å². The van der Waals surface area contributed by atoms with Gasteiger partial charge in [-0.3, -0.25) is 4.90 Å². The van der Waals surface area contributed by atoms with E-state index >= 15 is 0 Å². The summed E-state index contributed by atoms with van der Waals surface area (Å²) < 4.78 is 11.5. The van der Waals surface area contributed by atoms with Crippen LogP contribution in [0.3, 0.4) is 0 Å². The fourth-order valence-corrected chi connectivity index (χ4v) is 2.44. The predicted octanol–water partition coefficient (Wildman–Crippen LogP) is 1.90. The Morgan fingerprint density at radius 2 is 1.85 bits per heavy atom. The zero-order valence-corrected chi connectivity index (χ0v) is 12.2. The van der Waals surface area contributed by atoms with E-state index in [2.05, 4.69) is 4.90 Å². The number of benzene rings is 1. The lowest BCUT2D eigenvalue weighted by Gasteiger charge is -2.31. The second-order valence-electron chi connectivity index (χ2n) is 5.22. The first-order valence-electron chi connectivity index (χ1n) is 7.60. The van der Waals surface area contributed by atoms with Crippen molar-refractivity contribution < 1.29 is 9.47 Å². The third-order valence-corrected chi connectivity index (χ3v) is 3.66. The van der Waals surface area contributed by atoms with E-state index in [0.717, 1.165) is 64.4 Å². The summed E-state index contributed by atoms with van der Waals surface area (Å²) in [5.74, 6) is 0.951. The molecule has 0 bridgehead atoms. The lowest BCUT2D eigenvalue weighted by Crippen LogP contribution is -2.39. The summed E-state index contributed by atoms with van der Waals surface area (Å²) in [4.78, 5) is 2.45. The number of piperidine rings is 1. The largest absolute Gasteiger partial charge is 0.492 e.